The van der Waals surface area contributed by atoms with Crippen LogP contribution < -0.4 is 5.73 Å². The first-order valence-corrected chi connectivity index (χ1v) is 5.05. The van der Waals surface area contributed by atoms with Crippen LogP contribution in [0.2, 0.25) is 0 Å². The lowest BCUT2D eigenvalue weighted by Crippen LogP contribution is -2.14. The molecule has 0 saturated heterocycles. The lowest BCUT2D eigenvalue weighted by atomic mass is 10.0. The van der Waals surface area contributed by atoms with E-state index in [4.69, 9.17) is 10.5 Å². The van der Waals surface area contributed by atoms with Gasteiger partial charge in [-0.05, 0) is 25.7 Å². The van der Waals surface area contributed by atoms with Gasteiger partial charge in [-0.1, -0.05) is 0 Å². The third-order valence-electron chi connectivity index (χ3n) is 2.43. The SMILES string of the molecule is CCOC(=O)C1=C(N)CC(CC(F)(F)F)C1. The van der Waals surface area contributed by atoms with Gasteiger partial charge in [0.05, 0.1) is 12.2 Å². The Bertz CT molecular complexity index is 310. The molecule has 0 heterocycles. The number of ether oxygens (including phenoxy) is 1. The van der Waals surface area contributed by atoms with E-state index in [9.17, 15) is 18.0 Å². The van der Waals surface area contributed by atoms with Crippen LogP contribution in [0.15, 0.2) is 11.3 Å². The lowest BCUT2D eigenvalue weighted by molar-refractivity contribution is -0.145. The van der Waals surface area contributed by atoms with Crippen LogP contribution in [0.4, 0.5) is 13.2 Å². The van der Waals surface area contributed by atoms with E-state index in [-0.39, 0.29) is 30.7 Å². The second-order valence-electron chi connectivity index (χ2n) is 3.82. The van der Waals surface area contributed by atoms with Crippen LogP contribution in [0, 0.1) is 5.92 Å². The van der Waals surface area contributed by atoms with Crippen LogP contribution in [0.5, 0.6) is 0 Å². The molecule has 0 aromatic rings. The van der Waals surface area contributed by atoms with Gasteiger partial charge in [0.2, 0.25) is 0 Å². The summed E-state index contributed by atoms with van der Waals surface area (Å²) in [6, 6.07) is 0. The van der Waals surface area contributed by atoms with Gasteiger partial charge in [-0.3, -0.25) is 0 Å². The van der Waals surface area contributed by atoms with E-state index in [1.54, 1.807) is 6.92 Å². The first-order valence-electron chi connectivity index (χ1n) is 5.05. The molecule has 2 N–H and O–H groups in total. The molecule has 1 atom stereocenters. The lowest BCUT2D eigenvalue weighted by Gasteiger charge is -2.12. The van der Waals surface area contributed by atoms with Crippen LogP contribution in [0.3, 0.4) is 0 Å². The van der Waals surface area contributed by atoms with Gasteiger partial charge in [0.1, 0.15) is 0 Å². The molecule has 0 amide bonds. The van der Waals surface area contributed by atoms with Gasteiger partial charge in [-0.25, -0.2) is 4.79 Å². The van der Waals surface area contributed by atoms with E-state index in [2.05, 4.69) is 0 Å². The van der Waals surface area contributed by atoms with Crippen LogP contribution in [-0.2, 0) is 9.53 Å². The van der Waals surface area contributed by atoms with Crippen molar-refractivity contribution in [2.75, 3.05) is 6.61 Å². The summed E-state index contributed by atoms with van der Waals surface area (Å²) in [6.07, 6.45) is -4.94. The number of rotatable bonds is 3. The number of alkyl halides is 3. The normalized spacial score (nSPS) is 21.4. The molecular weight excluding hydrogens is 223 g/mol. The largest absolute Gasteiger partial charge is 0.463 e. The van der Waals surface area contributed by atoms with Gasteiger partial charge in [0, 0.05) is 12.1 Å². The zero-order chi connectivity index (χ0) is 12.3. The predicted molar refractivity (Wildman–Crippen MR) is 51.2 cm³/mol. The number of nitrogens with two attached hydrogens (primary N) is 1. The molecule has 0 saturated carbocycles. The molecule has 16 heavy (non-hydrogen) atoms. The Morgan fingerprint density at radius 3 is 2.62 bits per heavy atom. The summed E-state index contributed by atoms with van der Waals surface area (Å²) in [6.45, 7) is 1.83. The first kappa shape index (κ1) is 12.9. The number of hydrogen-bond acceptors (Lipinski definition) is 3. The number of carbonyl (C=O) groups excluding carboxylic acids is 1. The molecular formula is C10H14F3NO2. The minimum absolute atomic E-state index is 0.0597. The topological polar surface area (TPSA) is 52.3 Å². The summed E-state index contributed by atoms with van der Waals surface area (Å²) >= 11 is 0. The summed E-state index contributed by atoms with van der Waals surface area (Å²) in [5, 5.41) is 0. The fraction of sp³-hybridized carbons (Fsp3) is 0.700. The van der Waals surface area contributed by atoms with E-state index >= 15 is 0 Å². The van der Waals surface area contributed by atoms with Crippen LogP contribution in [0.1, 0.15) is 26.2 Å². The highest BCUT2D eigenvalue weighted by Crippen LogP contribution is 2.37. The van der Waals surface area contributed by atoms with Crippen LogP contribution >= 0.6 is 0 Å². The van der Waals surface area contributed by atoms with Crippen molar-refractivity contribution in [1.29, 1.82) is 0 Å². The van der Waals surface area contributed by atoms with Gasteiger partial charge >= 0.3 is 12.1 Å². The highest BCUT2D eigenvalue weighted by molar-refractivity contribution is 5.89. The molecule has 0 radical (unpaired) electrons. The summed E-state index contributed by atoms with van der Waals surface area (Å²) in [7, 11) is 0. The van der Waals surface area contributed by atoms with Gasteiger partial charge < -0.3 is 10.5 Å². The quantitative estimate of drug-likeness (QED) is 0.765. The molecule has 1 rings (SSSR count). The Kier molecular flexibility index (Phi) is 3.83. The zero-order valence-corrected chi connectivity index (χ0v) is 8.93. The van der Waals surface area contributed by atoms with Crippen LogP contribution in [0.25, 0.3) is 0 Å². The monoisotopic (exact) mass is 237 g/mol. The van der Waals surface area contributed by atoms with Crippen molar-refractivity contribution in [3.8, 4) is 0 Å². The maximum atomic E-state index is 12.1. The second kappa shape index (κ2) is 4.76. The summed E-state index contributed by atoms with van der Waals surface area (Å²) in [5.74, 6) is -1.22. The molecule has 92 valence electrons. The fourth-order valence-corrected chi connectivity index (χ4v) is 1.83. The summed E-state index contributed by atoms with van der Waals surface area (Å²) in [4.78, 5) is 11.3. The molecule has 0 aromatic carbocycles. The maximum Gasteiger partial charge on any atom is 0.389 e. The highest BCUT2D eigenvalue weighted by atomic mass is 19.4. The Labute approximate surface area is 91.4 Å². The van der Waals surface area contributed by atoms with Crippen LogP contribution in [-0.4, -0.2) is 18.8 Å². The third kappa shape index (κ3) is 3.43. The maximum absolute atomic E-state index is 12.1. The van der Waals surface area contributed by atoms with Gasteiger partial charge in [-0.15, -0.1) is 0 Å². The number of halogens is 3. The van der Waals surface area contributed by atoms with Crippen molar-refractivity contribution in [2.24, 2.45) is 11.7 Å². The van der Waals surface area contributed by atoms with E-state index in [0.29, 0.717) is 0 Å². The molecule has 0 aliphatic heterocycles. The second-order valence-corrected chi connectivity index (χ2v) is 3.82. The molecule has 1 aliphatic carbocycles. The van der Waals surface area contributed by atoms with Crippen molar-refractivity contribution in [1.82, 2.24) is 0 Å². The molecule has 0 bridgehead atoms. The van der Waals surface area contributed by atoms with Crippen molar-refractivity contribution in [2.45, 2.75) is 32.4 Å². The molecule has 0 spiro atoms. The number of carbonyl (C=O) groups is 1. The third-order valence-corrected chi connectivity index (χ3v) is 2.43. The average Bonchev–Trinajstić information content (AvgIpc) is 2.44. The standard InChI is InChI=1S/C10H14F3NO2/c1-2-16-9(15)7-3-6(4-8(7)14)5-10(11,12)13/h6H,2-5,14H2,1H3. The zero-order valence-electron chi connectivity index (χ0n) is 8.93. The van der Waals surface area contributed by atoms with E-state index in [1.807, 2.05) is 0 Å². The highest BCUT2D eigenvalue weighted by Gasteiger charge is 2.37. The Morgan fingerprint density at radius 2 is 2.12 bits per heavy atom. The minimum atomic E-state index is -4.21. The molecule has 1 unspecified atom stereocenters. The van der Waals surface area contributed by atoms with Gasteiger partial charge in [0.25, 0.3) is 0 Å². The van der Waals surface area contributed by atoms with Crippen molar-refractivity contribution < 1.29 is 22.7 Å². The number of esters is 1. The number of hydrogen-bond donors (Lipinski definition) is 1. The molecule has 0 aromatic heterocycles. The molecule has 3 nitrogen and oxygen atoms in total. The number of allylic oxidation sites excluding steroid dienone is 1. The molecule has 1 aliphatic rings. The van der Waals surface area contributed by atoms with E-state index in [0.717, 1.165) is 0 Å². The predicted octanol–water partition coefficient (Wildman–Crippen LogP) is 2.12. The Hall–Kier alpha value is -1.20. The average molecular weight is 237 g/mol. The van der Waals surface area contributed by atoms with Crippen molar-refractivity contribution in [3.63, 3.8) is 0 Å². The van der Waals surface area contributed by atoms with Gasteiger partial charge in [-0.2, -0.15) is 13.2 Å². The fourth-order valence-electron chi connectivity index (χ4n) is 1.83. The minimum Gasteiger partial charge on any atom is -0.463 e. The first-order chi connectivity index (χ1) is 7.33. The molecule has 0 fully saturated rings. The van der Waals surface area contributed by atoms with E-state index < -0.39 is 24.5 Å². The van der Waals surface area contributed by atoms with E-state index in [1.165, 1.54) is 0 Å². The van der Waals surface area contributed by atoms with Gasteiger partial charge in [0.15, 0.2) is 0 Å². The Balaban J connectivity index is 2.57. The van der Waals surface area contributed by atoms with Crippen molar-refractivity contribution >= 4 is 5.97 Å². The summed E-state index contributed by atoms with van der Waals surface area (Å²) in [5.41, 5.74) is 5.96. The smallest absolute Gasteiger partial charge is 0.389 e. The summed E-state index contributed by atoms with van der Waals surface area (Å²) < 4.78 is 41.1. The Morgan fingerprint density at radius 1 is 1.50 bits per heavy atom. The molecule has 6 heteroatoms. The van der Waals surface area contributed by atoms with Crippen molar-refractivity contribution in [3.05, 3.63) is 11.3 Å².